The van der Waals surface area contributed by atoms with Crippen LogP contribution in [0.15, 0.2) is 64.1 Å². The molecule has 150 valence electrons. The lowest BCUT2D eigenvalue weighted by Gasteiger charge is -2.27. The van der Waals surface area contributed by atoms with Gasteiger partial charge in [-0.2, -0.15) is 0 Å². The molecule has 8 heteroatoms. The number of piperidine rings is 1. The lowest BCUT2D eigenvalue weighted by atomic mass is 10.1. The lowest BCUT2D eigenvalue weighted by Crippen LogP contribution is -2.36. The van der Waals surface area contributed by atoms with E-state index in [-0.39, 0.29) is 16.5 Å². The normalized spacial score (nSPS) is 14.7. The van der Waals surface area contributed by atoms with E-state index < -0.39 is 10.0 Å². The van der Waals surface area contributed by atoms with Gasteiger partial charge in [0.25, 0.3) is 15.9 Å². The van der Waals surface area contributed by atoms with Gasteiger partial charge in [0.2, 0.25) is 0 Å². The second kappa shape index (κ2) is 8.12. The molecule has 0 bridgehead atoms. The van der Waals surface area contributed by atoms with Crippen molar-refractivity contribution in [3.8, 4) is 0 Å². The highest BCUT2D eigenvalue weighted by Gasteiger charge is 2.24. The van der Waals surface area contributed by atoms with Crippen LogP contribution in [0, 0.1) is 0 Å². The number of pyridine rings is 1. The number of carbonyl (C=O) groups excluding carboxylic acids is 1. The first-order chi connectivity index (χ1) is 14.0. The first-order valence-corrected chi connectivity index (χ1v) is 11.7. The predicted molar refractivity (Wildman–Crippen MR) is 116 cm³/mol. The van der Waals surface area contributed by atoms with E-state index in [1.165, 1.54) is 6.07 Å². The van der Waals surface area contributed by atoms with Crippen LogP contribution < -0.4 is 4.72 Å². The largest absolute Gasteiger partial charge is 0.339 e. The molecule has 1 aliphatic rings. The maximum absolute atomic E-state index is 13.2. The lowest BCUT2D eigenvalue weighted by molar-refractivity contribution is 0.0725. The maximum atomic E-state index is 13.2. The Bertz CT molecular complexity index is 1170. The molecule has 1 N–H and O–H groups in total. The SMILES string of the molecule is O=C(c1ccc(Br)cc1NS(=O)(=O)c1cccc2ncccc12)N1CCCCC1. The fraction of sp³-hybridized carbons (Fsp3) is 0.238. The van der Waals surface area contributed by atoms with Crippen LogP contribution in [0.5, 0.6) is 0 Å². The summed E-state index contributed by atoms with van der Waals surface area (Å²) < 4.78 is 29.7. The Kier molecular flexibility index (Phi) is 5.56. The number of fused-ring (bicyclic) bond motifs is 1. The van der Waals surface area contributed by atoms with Gasteiger partial charge in [0, 0.05) is 29.1 Å². The van der Waals surface area contributed by atoms with Crippen LogP contribution in [0.25, 0.3) is 10.9 Å². The Balaban J connectivity index is 1.73. The van der Waals surface area contributed by atoms with Crippen molar-refractivity contribution in [2.24, 2.45) is 0 Å². The number of halogens is 1. The second-order valence-corrected chi connectivity index (χ2v) is 9.54. The molecule has 0 atom stereocenters. The van der Waals surface area contributed by atoms with E-state index in [0.29, 0.717) is 34.0 Å². The van der Waals surface area contributed by atoms with Crippen molar-refractivity contribution in [3.05, 3.63) is 64.8 Å². The number of hydrogen-bond donors (Lipinski definition) is 1. The Morgan fingerprint density at radius 1 is 1.03 bits per heavy atom. The molecule has 1 fully saturated rings. The molecule has 0 saturated carbocycles. The summed E-state index contributed by atoms with van der Waals surface area (Å²) in [5.74, 6) is -0.158. The fourth-order valence-corrected chi connectivity index (χ4v) is 5.21. The van der Waals surface area contributed by atoms with E-state index in [9.17, 15) is 13.2 Å². The van der Waals surface area contributed by atoms with Crippen molar-refractivity contribution in [2.75, 3.05) is 17.8 Å². The first-order valence-electron chi connectivity index (χ1n) is 9.41. The van der Waals surface area contributed by atoms with Crippen LogP contribution in [-0.4, -0.2) is 37.3 Å². The first kappa shape index (κ1) is 19.8. The minimum Gasteiger partial charge on any atom is -0.339 e. The van der Waals surface area contributed by atoms with Crippen molar-refractivity contribution in [1.82, 2.24) is 9.88 Å². The van der Waals surface area contributed by atoms with Gasteiger partial charge in [-0.05, 0) is 61.7 Å². The van der Waals surface area contributed by atoms with Crippen molar-refractivity contribution >= 4 is 48.5 Å². The Morgan fingerprint density at radius 3 is 2.62 bits per heavy atom. The third-order valence-corrected chi connectivity index (χ3v) is 6.91. The number of carbonyl (C=O) groups is 1. The smallest absolute Gasteiger partial charge is 0.262 e. The van der Waals surface area contributed by atoms with Gasteiger partial charge in [-0.1, -0.05) is 22.0 Å². The van der Waals surface area contributed by atoms with E-state index in [4.69, 9.17) is 0 Å². The maximum Gasteiger partial charge on any atom is 0.262 e. The van der Waals surface area contributed by atoms with Gasteiger partial charge < -0.3 is 4.90 Å². The molecule has 3 aromatic rings. The number of aromatic nitrogens is 1. The summed E-state index contributed by atoms with van der Waals surface area (Å²) in [7, 11) is -3.93. The zero-order valence-corrected chi connectivity index (χ0v) is 18.0. The van der Waals surface area contributed by atoms with E-state index in [1.54, 1.807) is 53.6 Å². The highest BCUT2D eigenvalue weighted by Crippen LogP contribution is 2.28. The molecule has 1 aromatic heterocycles. The van der Waals surface area contributed by atoms with Crippen molar-refractivity contribution < 1.29 is 13.2 Å². The topological polar surface area (TPSA) is 79.4 Å². The average Bonchev–Trinajstić information content (AvgIpc) is 2.73. The molecule has 29 heavy (non-hydrogen) atoms. The second-order valence-electron chi connectivity index (χ2n) is 6.97. The van der Waals surface area contributed by atoms with Gasteiger partial charge in [-0.15, -0.1) is 0 Å². The molecule has 0 spiro atoms. The summed E-state index contributed by atoms with van der Waals surface area (Å²) in [6.07, 6.45) is 4.66. The summed E-state index contributed by atoms with van der Waals surface area (Å²) >= 11 is 3.38. The van der Waals surface area contributed by atoms with E-state index in [1.807, 2.05) is 0 Å². The van der Waals surface area contributed by atoms with Crippen LogP contribution >= 0.6 is 15.9 Å². The van der Waals surface area contributed by atoms with Crippen molar-refractivity contribution in [2.45, 2.75) is 24.2 Å². The Hall–Kier alpha value is -2.45. The third kappa shape index (κ3) is 4.13. The molecule has 0 unspecified atom stereocenters. The van der Waals surface area contributed by atoms with Crippen LogP contribution in [-0.2, 0) is 10.0 Å². The summed E-state index contributed by atoms with van der Waals surface area (Å²) in [4.78, 5) is 19.2. The number of nitrogens with zero attached hydrogens (tertiary/aromatic N) is 2. The number of likely N-dealkylation sites (tertiary alicyclic amines) is 1. The minimum absolute atomic E-state index is 0.124. The van der Waals surface area contributed by atoms with E-state index in [2.05, 4.69) is 25.6 Å². The monoisotopic (exact) mass is 473 g/mol. The van der Waals surface area contributed by atoms with Gasteiger partial charge in [0.15, 0.2) is 0 Å². The number of amides is 1. The summed E-state index contributed by atoms with van der Waals surface area (Å²) in [5, 5.41) is 0.529. The molecule has 6 nitrogen and oxygen atoms in total. The van der Waals surface area contributed by atoms with Gasteiger partial charge in [-0.3, -0.25) is 14.5 Å². The summed E-state index contributed by atoms with van der Waals surface area (Å²) in [5.41, 5.74) is 1.20. The standard InChI is InChI=1S/C21H20BrN3O3S/c22-15-9-10-17(21(26)25-12-2-1-3-13-25)19(14-15)24-29(27,28)20-8-4-7-18-16(20)6-5-11-23-18/h4-11,14,24H,1-3,12-13H2. The number of benzene rings is 2. The van der Waals surface area contributed by atoms with Crippen LogP contribution in [0.1, 0.15) is 29.6 Å². The molecule has 0 aliphatic carbocycles. The Labute approximate surface area is 178 Å². The molecular weight excluding hydrogens is 454 g/mol. The highest BCUT2D eigenvalue weighted by atomic mass is 79.9. The van der Waals surface area contributed by atoms with Crippen LogP contribution in [0.2, 0.25) is 0 Å². The molecule has 1 saturated heterocycles. The van der Waals surface area contributed by atoms with Gasteiger partial charge in [-0.25, -0.2) is 8.42 Å². The molecule has 2 heterocycles. The molecular formula is C21H20BrN3O3S. The highest BCUT2D eigenvalue weighted by molar-refractivity contribution is 9.10. The molecule has 2 aromatic carbocycles. The predicted octanol–water partition coefficient (Wildman–Crippen LogP) is 4.42. The number of rotatable bonds is 4. The number of nitrogens with one attached hydrogen (secondary N) is 1. The third-order valence-electron chi connectivity index (χ3n) is 4.99. The van der Waals surface area contributed by atoms with Crippen molar-refractivity contribution in [1.29, 1.82) is 0 Å². The average molecular weight is 474 g/mol. The zero-order valence-electron chi connectivity index (χ0n) is 15.6. The zero-order chi connectivity index (χ0) is 20.4. The van der Waals surface area contributed by atoms with Crippen molar-refractivity contribution in [3.63, 3.8) is 0 Å². The molecule has 4 rings (SSSR count). The number of hydrogen-bond acceptors (Lipinski definition) is 4. The van der Waals surface area contributed by atoms with Gasteiger partial charge in [0.05, 0.1) is 21.7 Å². The summed E-state index contributed by atoms with van der Waals surface area (Å²) in [6, 6.07) is 13.4. The number of sulfonamides is 1. The summed E-state index contributed by atoms with van der Waals surface area (Å²) in [6.45, 7) is 1.38. The van der Waals surface area contributed by atoms with E-state index >= 15 is 0 Å². The quantitative estimate of drug-likeness (QED) is 0.607. The number of anilines is 1. The Morgan fingerprint density at radius 2 is 1.83 bits per heavy atom. The fourth-order valence-electron chi connectivity index (χ4n) is 3.56. The van der Waals surface area contributed by atoms with Crippen LogP contribution in [0.4, 0.5) is 5.69 Å². The van der Waals surface area contributed by atoms with Gasteiger partial charge in [0.1, 0.15) is 0 Å². The molecule has 1 aliphatic heterocycles. The van der Waals surface area contributed by atoms with Crippen LogP contribution in [0.3, 0.4) is 0 Å². The minimum atomic E-state index is -3.93. The van der Waals surface area contributed by atoms with E-state index in [0.717, 1.165) is 19.3 Å². The molecule has 1 amide bonds. The molecule has 0 radical (unpaired) electrons. The van der Waals surface area contributed by atoms with Gasteiger partial charge >= 0.3 is 0 Å².